The summed E-state index contributed by atoms with van der Waals surface area (Å²) < 4.78 is 0. The van der Waals surface area contributed by atoms with Gasteiger partial charge in [-0.2, -0.15) is 0 Å². The number of hydrogen-bond acceptors (Lipinski definition) is 1. The molecule has 0 radical (unpaired) electrons. The lowest BCUT2D eigenvalue weighted by atomic mass is 9.73. The van der Waals surface area contributed by atoms with Gasteiger partial charge in [0.2, 0.25) is 0 Å². The van der Waals surface area contributed by atoms with Gasteiger partial charge >= 0.3 is 0 Å². The molecule has 0 bridgehead atoms. The van der Waals surface area contributed by atoms with Crippen molar-refractivity contribution in [3.63, 3.8) is 0 Å². The molecule has 0 heterocycles. The molecule has 1 aliphatic rings. The molecule has 68 valence electrons. The maximum Gasteiger partial charge on any atom is 0.132 e. The maximum absolute atomic E-state index is 11.1. The zero-order valence-corrected chi connectivity index (χ0v) is 7.92. The second-order valence-corrected chi connectivity index (χ2v) is 3.67. The molecule has 3 unspecified atom stereocenters. The van der Waals surface area contributed by atoms with Gasteiger partial charge in [0.15, 0.2) is 0 Å². The van der Waals surface area contributed by atoms with Gasteiger partial charge in [-0.25, -0.2) is 0 Å². The molecule has 0 amide bonds. The Kier molecular flexibility index (Phi) is 3.15. The summed E-state index contributed by atoms with van der Waals surface area (Å²) in [6, 6.07) is 0. The number of terminal acetylenes is 2. The van der Waals surface area contributed by atoms with E-state index in [0.29, 0.717) is 0 Å². The van der Waals surface area contributed by atoms with Gasteiger partial charge in [-0.1, -0.05) is 0 Å². The van der Waals surface area contributed by atoms with Crippen molar-refractivity contribution in [2.75, 3.05) is 0 Å². The van der Waals surface area contributed by atoms with Crippen molar-refractivity contribution in [2.45, 2.75) is 26.2 Å². The first kappa shape index (κ1) is 9.87. The van der Waals surface area contributed by atoms with Gasteiger partial charge in [-0.15, -0.1) is 24.7 Å². The van der Waals surface area contributed by atoms with Crippen molar-refractivity contribution in [1.29, 1.82) is 0 Å². The van der Waals surface area contributed by atoms with Crippen LogP contribution in [0, 0.1) is 42.4 Å². The molecule has 1 saturated carbocycles. The smallest absolute Gasteiger partial charge is 0.132 e. The molecule has 13 heavy (non-hydrogen) atoms. The van der Waals surface area contributed by atoms with Crippen molar-refractivity contribution in [2.24, 2.45) is 17.8 Å². The van der Waals surface area contributed by atoms with Crippen LogP contribution >= 0.6 is 0 Å². The van der Waals surface area contributed by atoms with E-state index in [1.807, 2.05) is 0 Å². The monoisotopic (exact) mass is 174 g/mol. The van der Waals surface area contributed by atoms with Crippen LogP contribution in [0.15, 0.2) is 0 Å². The number of Topliss-reactive ketones (excluding diaryl/α,β-unsaturated/α-hetero) is 1. The van der Waals surface area contributed by atoms with E-state index in [2.05, 4.69) is 11.8 Å². The standard InChI is InChI=1S/C12H14O/c1-4-10-6-7-12(9(3)13)8-11(10)5-2/h1-2,10-12H,6-8H2,3H3. The molecule has 0 N–H and O–H groups in total. The highest BCUT2D eigenvalue weighted by atomic mass is 16.1. The average Bonchev–Trinajstić information content (AvgIpc) is 2.16. The second-order valence-electron chi connectivity index (χ2n) is 3.67. The first-order valence-corrected chi connectivity index (χ1v) is 4.61. The zero-order valence-electron chi connectivity index (χ0n) is 7.92. The van der Waals surface area contributed by atoms with E-state index in [4.69, 9.17) is 12.8 Å². The van der Waals surface area contributed by atoms with Crippen molar-refractivity contribution in [3.8, 4) is 24.7 Å². The summed E-state index contributed by atoms with van der Waals surface area (Å²) in [5.74, 6) is 6.08. The summed E-state index contributed by atoms with van der Waals surface area (Å²) in [7, 11) is 0. The van der Waals surface area contributed by atoms with Crippen LogP contribution in [-0.4, -0.2) is 5.78 Å². The van der Waals surface area contributed by atoms with Crippen LogP contribution in [0.4, 0.5) is 0 Å². The number of carbonyl (C=O) groups excluding carboxylic acids is 1. The molecule has 0 saturated heterocycles. The highest BCUT2D eigenvalue weighted by Gasteiger charge is 2.29. The third-order valence-corrected chi connectivity index (χ3v) is 2.85. The van der Waals surface area contributed by atoms with Crippen LogP contribution < -0.4 is 0 Å². The van der Waals surface area contributed by atoms with E-state index in [1.54, 1.807) is 6.92 Å². The Hall–Kier alpha value is -1.21. The Labute approximate surface area is 79.9 Å². The lowest BCUT2D eigenvalue weighted by molar-refractivity contribution is -0.122. The predicted molar refractivity (Wildman–Crippen MR) is 52.7 cm³/mol. The summed E-state index contributed by atoms with van der Waals surface area (Å²) in [6.07, 6.45) is 13.3. The summed E-state index contributed by atoms with van der Waals surface area (Å²) in [4.78, 5) is 11.1. The van der Waals surface area contributed by atoms with E-state index < -0.39 is 0 Å². The Morgan fingerprint density at radius 2 is 1.85 bits per heavy atom. The molecule has 0 aromatic heterocycles. The van der Waals surface area contributed by atoms with Gasteiger partial charge in [0.05, 0.1) is 0 Å². The van der Waals surface area contributed by atoms with Crippen molar-refractivity contribution < 1.29 is 4.79 Å². The number of hydrogen-bond donors (Lipinski definition) is 0. The molecule has 1 nitrogen and oxygen atoms in total. The van der Waals surface area contributed by atoms with E-state index in [0.717, 1.165) is 19.3 Å². The molecule has 1 rings (SSSR count). The fourth-order valence-corrected chi connectivity index (χ4v) is 1.92. The number of carbonyl (C=O) groups is 1. The van der Waals surface area contributed by atoms with Crippen LogP contribution in [0.2, 0.25) is 0 Å². The first-order valence-electron chi connectivity index (χ1n) is 4.61. The van der Waals surface area contributed by atoms with Gasteiger partial charge in [-0.3, -0.25) is 4.79 Å². The molecule has 0 aromatic rings. The minimum absolute atomic E-state index is 0.104. The Balaban J connectivity index is 2.65. The largest absolute Gasteiger partial charge is 0.300 e. The summed E-state index contributed by atoms with van der Waals surface area (Å²) in [6.45, 7) is 1.63. The SMILES string of the molecule is C#CC1CCC(C(C)=O)CC1C#C. The van der Waals surface area contributed by atoms with Crippen LogP contribution in [0.1, 0.15) is 26.2 Å². The van der Waals surface area contributed by atoms with Crippen LogP contribution in [0.3, 0.4) is 0 Å². The molecule has 0 aromatic carbocycles. The molecule has 1 aliphatic carbocycles. The fraction of sp³-hybridized carbons (Fsp3) is 0.583. The third-order valence-electron chi connectivity index (χ3n) is 2.85. The highest BCUT2D eigenvalue weighted by molar-refractivity contribution is 5.78. The van der Waals surface area contributed by atoms with Crippen molar-refractivity contribution >= 4 is 5.78 Å². The zero-order chi connectivity index (χ0) is 9.84. The average molecular weight is 174 g/mol. The minimum atomic E-state index is 0.104. The van der Waals surface area contributed by atoms with E-state index in [9.17, 15) is 4.79 Å². The van der Waals surface area contributed by atoms with Gasteiger partial charge in [0, 0.05) is 17.8 Å². The molecule has 3 atom stereocenters. The molecule has 0 aliphatic heterocycles. The Morgan fingerprint density at radius 3 is 2.31 bits per heavy atom. The molecule has 0 spiro atoms. The molecule has 1 fully saturated rings. The van der Waals surface area contributed by atoms with E-state index in [1.165, 1.54) is 0 Å². The summed E-state index contributed by atoms with van der Waals surface area (Å²) >= 11 is 0. The maximum atomic E-state index is 11.1. The number of ketones is 1. The summed E-state index contributed by atoms with van der Waals surface area (Å²) in [5.41, 5.74) is 0. The van der Waals surface area contributed by atoms with E-state index in [-0.39, 0.29) is 23.5 Å². The minimum Gasteiger partial charge on any atom is -0.300 e. The van der Waals surface area contributed by atoms with Gasteiger partial charge in [-0.05, 0) is 26.2 Å². The molecule has 1 heteroatoms. The van der Waals surface area contributed by atoms with Gasteiger partial charge in [0.25, 0.3) is 0 Å². The first-order chi connectivity index (χ1) is 6.19. The Bertz CT molecular complexity index is 276. The van der Waals surface area contributed by atoms with Crippen molar-refractivity contribution in [1.82, 2.24) is 0 Å². The normalized spacial score (nSPS) is 33.0. The lowest BCUT2D eigenvalue weighted by Crippen LogP contribution is -2.26. The van der Waals surface area contributed by atoms with E-state index >= 15 is 0 Å². The summed E-state index contributed by atoms with van der Waals surface area (Å²) in [5, 5.41) is 0. The number of rotatable bonds is 1. The Morgan fingerprint density at radius 1 is 1.23 bits per heavy atom. The second kappa shape index (κ2) is 4.15. The van der Waals surface area contributed by atoms with Gasteiger partial charge < -0.3 is 0 Å². The third kappa shape index (κ3) is 2.13. The quantitative estimate of drug-likeness (QED) is 0.555. The molecular weight excluding hydrogens is 160 g/mol. The van der Waals surface area contributed by atoms with Crippen molar-refractivity contribution in [3.05, 3.63) is 0 Å². The van der Waals surface area contributed by atoms with Crippen LogP contribution in [-0.2, 0) is 4.79 Å². The van der Waals surface area contributed by atoms with Crippen LogP contribution in [0.25, 0.3) is 0 Å². The highest BCUT2D eigenvalue weighted by Crippen LogP contribution is 2.33. The fourth-order valence-electron chi connectivity index (χ4n) is 1.92. The lowest BCUT2D eigenvalue weighted by Gasteiger charge is -2.28. The molecular formula is C12H14O. The van der Waals surface area contributed by atoms with Crippen LogP contribution in [0.5, 0.6) is 0 Å². The predicted octanol–water partition coefficient (Wildman–Crippen LogP) is 1.87. The topological polar surface area (TPSA) is 17.1 Å². The van der Waals surface area contributed by atoms with Gasteiger partial charge in [0.1, 0.15) is 5.78 Å².